The van der Waals surface area contributed by atoms with Gasteiger partial charge < -0.3 is 9.73 Å². The number of furan rings is 1. The number of hydrogen-bond acceptors (Lipinski definition) is 4. The summed E-state index contributed by atoms with van der Waals surface area (Å²) in [5, 5.41) is 3.79. The van der Waals surface area contributed by atoms with Crippen molar-refractivity contribution in [3.05, 3.63) is 24.2 Å². The Balaban J connectivity index is 1.55. The third-order valence-electron chi connectivity index (χ3n) is 5.00. The highest BCUT2D eigenvalue weighted by molar-refractivity contribution is 5.06. The lowest BCUT2D eigenvalue weighted by molar-refractivity contribution is 0.202. The van der Waals surface area contributed by atoms with Crippen LogP contribution in [0, 0.1) is 0 Å². The average molecular weight is 291 g/mol. The molecule has 1 N–H and O–H groups in total. The van der Waals surface area contributed by atoms with Crippen molar-refractivity contribution >= 4 is 0 Å². The molecule has 0 bridgehead atoms. The molecule has 0 amide bonds. The van der Waals surface area contributed by atoms with E-state index in [0.717, 1.165) is 12.3 Å². The molecule has 2 aliphatic heterocycles. The van der Waals surface area contributed by atoms with Gasteiger partial charge in [-0.25, -0.2) is 0 Å². The highest BCUT2D eigenvalue weighted by Crippen LogP contribution is 2.25. The molecule has 3 rings (SSSR count). The summed E-state index contributed by atoms with van der Waals surface area (Å²) in [6.07, 6.45) is 5.71. The lowest BCUT2D eigenvalue weighted by atomic mass is 10.1. The minimum absolute atomic E-state index is 0.399. The molecule has 2 saturated heterocycles. The minimum Gasteiger partial charge on any atom is -0.468 e. The van der Waals surface area contributed by atoms with E-state index in [0.29, 0.717) is 18.1 Å². The number of hydrogen-bond donors (Lipinski definition) is 1. The molecule has 0 aliphatic carbocycles. The van der Waals surface area contributed by atoms with Crippen LogP contribution in [-0.2, 0) is 0 Å². The summed E-state index contributed by atoms with van der Waals surface area (Å²) in [7, 11) is 0. The van der Waals surface area contributed by atoms with E-state index in [1.807, 2.05) is 6.07 Å². The molecule has 0 aromatic carbocycles. The van der Waals surface area contributed by atoms with Crippen molar-refractivity contribution in [1.82, 2.24) is 15.1 Å². The van der Waals surface area contributed by atoms with Crippen molar-refractivity contribution in [3.8, 4) is 0 Å². The Bertz CT molecular complexity index is 412. The lowest BCUT2D eigenvalue weighted by Gasteiger charge is -2.27. The summed E-state index contributed by atoms with van der Waals surface area (Å²) in [4.78, 5) is 5.14. The third kappa shape index (κ3) is 3.68. The molecule has 2 fully saturated rings. The van der Waals surface area contributed by atoms with Gasteiger partial charge in [0.25, 0.3) is 0 Å². The fourth-order valence-corrected chi connectivity index (χ4v) is 3.65. The van der Waals surface area contributed by atoms with Gasteiger partial charge in [0.2, 0.25) is 0 Å². The van der Waals surface area contributed by atoms with Crippen LogP contribution in [0.5, 0.6) is 0 Å². The van der Waals surface area contributed by atoms with Crippen LogP contribution in [-0.4, -0.2) is 54.6 Å². The van der Waals surface area contributed by atoms with E-state index in [1.54, 1.807) is 6.26 Å². The monoisotopic (exact) mass is 291 g/mol. The molecule has 1 aromatic heterocycles. The van der Waals surface area contributed by atoms with Crippen LogP contribution in [0.15, 0.2) is 22.8 Å². The minimum atomic E-state index is 0.399. The maximum atomic E-state index is 5.69. The van der Waals surface area contributed by atoms with Gasteiger partial charge in [-0.15, -0.1) is 0 Å². The first-order valence-electron chi connectivity index (χ1n) is 8.49. The van der Waals surface area contributed by atoms with Gasteiger partial charge in [0.15, 0.2) is 0 Å². The molecule has 2 atom stereocenters. The van der Waals surface area contributed by atoms with Gasteiger partial charge in [0.1, 0.15) is 5.76 Å². The fourth-order valence-electron chi connectivity index (χ4n) is 3.65. The van der Waals surface area contributed by atoms with Crippen LogP contribution >= 0.6 is 0 Å². The van der Waals surface area contributed by atoms with Gasteiger partial charge in [-0.1, -0.05) is 0 Å². The van der Waals surface area contributed by atoms with Gasteiger partial charge in [0, 0.05) is 25.2 Å². The maximum absolute atomic E-state index is 5.69. The average Bonchev–Trinajstić information content (AvgIpc) is 3.22. The summed E-state index contributed by atoms with van der Waals surface area (Å²) in [5.41, 5.74) is 0. The van der Waals surface area contributed by atoms with Gasteiger partial charge in [0.05, 0.1) is 12.3 Å². The number of likely N-dealkylation sites (tertiary alicyclic amines) is 2. The smallest absolute Gasteiger partial charge is 0.122 e. The molecule has 4 nitrogen and oxygen atoms in total. The molecule has 21 heavy (non-hydrogen) atoms. The normalized spacial score (nSPS) is 26.0. The second kappa shape index (κ2) is 6.95. The van der Waals surface area contributed by atoms with Crippen LogP contribution in [0.3, 0.4) is 0 Å². The predicted octanol–water partition coefficient (Wildman–Crippen LogP) is 2.49. The second-order valence-electron chi connectivity index (χ2n) is 6.76. The van der Waals surface area contributed by atoms with Crippen molar-refractivity contribution in [2.45, 2.75) is 51.2 Å². The third-order valence-corrected chi connectivity index (χ3v) is 5.00. The van der Waals surface area contributed by atoms with E-state index >= 15 is 0 Å². The summed E-state index contributed by atoms with van der Waals surface area (Å²) in [6, 6.07) is 5.83. The molecule has 0 spiro atoms. The van der Waals surface area contributed by atoms with E-state index < -0.39 is 0 Å². The Kier molecular flexibility index (Phi) is 4.99. The van der Waals surface area contributed by atoms with Crippen LogP contribution in [0.2, 0.25) is 0 Å². The summed E-state index contributed by atoms with van der Waals surface area (Å²) in [5.74, 6) is 1.11. The Morgan fingerprint density at radius 1 is 1.24 bits per heavy atom. The Morgan fingerprint density at radius 2 is 2.05 bits per heavy atom. The highest BCUT2D eigenvalue weighted by atomic mass is 16.3. The van der Waals surface area contributed by atoms with Gasteiger partial charge in [-0.3, -0.25) is 9.80 Å². The van der Waals surface area contributed by atoms with Crippen molar-refractivity contribution < 1.29 is 4.42 Å². The molecular formula is C17H29N3O. The zero-order valence-electron chi connectivity index (χ0n) is 13.4. The van der Waals surface area contributed by atoms with Crippen LogP contribution in [0.1, 0.15) is 44.9 Å². The van der Waals surface area contributed by atoms with Gasteiger partial charge in [-0.05, 0) is 64.9 Å². The molecule has 4 heteroatoms. The molecule has 1 aromatic rings. The van der Waals surface area contributed by atoms with Crippen molar-refractivity contribution in [1.29, 1.82) is 0 Å². The van der Waals surface area contributed by atoms with E-state index in [4.69, 9.17) is 4.42 Å². The predicted molar refractivity (Wildman–Crippen MR) is 85.4 cm³/mol. The molecule has 2 aliphatic rings. The topological polar surface area (TPSA) is 31.6 Å². The van der Waals surface area contributed by atoms with Gasteiger partial charge >= 0.3 is 0 Å². The summed E-state index contributed by atoms with van der Waals surface area (Å²) >= 11 is 0. The summed E-state index contributed by atoms with van der Waals surface area (Å²) in [6.45, 7) is 10.4. The molecule has 118 valence electrons. The van der Waals surface area contributed by atoms with Crippen molar-refractivity contribution in [2.24, 2.45) is 0 Å². The van der Waals surface area contributed by atoms with E-state index in [9.17, 15) is 0 Å². The SMILES string of the molecule is CC(C)N1CCC(NCC(c2ccco2)N2CCCC2)C1. The number of nitrogens with zero attached hydrogens (tertiary/aromatic N) is 2. The van der Waals surface area contributed by atoms with E-state index in [-0.39, 0.29) is 0 Å². The zero-order valence-corrected chi connectivity index (χ0v) is 13.4. The Hall–Kier alpha value is -0.840. The molecule has 3 heterocycles. The molecule has 2 unspecified atom stereocenters. The van der Waals surface area contributed by atoms with E-state index in [1.165, 1.54) is 45.4 Å². The first kappa shape index (κ1) is 15.1. The molecule has 0 saturated carbocycles. The lowest BCUT2D eigenvalue weighted by Crippen LogP contribution is -2.40. The fraction of sp³-hybridized carbons (Fsp3) is 0.765. The van der Waals surface area contributed by atoms with Crippen molar-refractivity contribution in [3.63, 3.8) is 0 Å². The molecular weight excluding hydrogens is 262 g/mol. The van der Waals surface area contributed by atoms with E-state index in [2.05, 4.69) is 35.0 Å². The maximum Gasteiger partial charge on any atom is 0.122 e. The number of nitrogens with one attached hydrogen (secondary N) is 1. The first-order chi connectivity index (χ1) is 10.2. The molecule has 0 radical (unpaired) electrons. The van der Waals surface area contributed by atoms with Crippen LogP contribution < -0.4 is 5.32 Å². The number of rotatable bonds is 6. The highest BCUT2D eigenvalue weighted by Gasteiger charge is 2.28. The van der Waals surface area contributed by atoms with Crippen LogP contribution in [0.4, 0.5) is 0 Å². The van der Waals surface area contributed by atoms with Crippen molar-refractivity contribution in [2.75, 3.05) is 32.7 Å². The largest absolute Gasteiger partial charge is 0.468 e. The summed E-state index contributed by atoms with van der Waals surface area (Å²) < 4.78 is 5.69. The quantitative estimate of drug-likeness (QED) is 0.872. The first-order valence-corrected chi connectivity index (χ1v) is 8.49. The Labute approximate surface area is 128 Å². The van der Waals surface area contributed by atoms with Gasteiger partial charge in [-0.2, -0.15) is 0 Å². The zero-order chi connectivity index (χ0) is 14.7. The standard InChI is InChI=1S/C17H29N3O/c1-14(2)20-10-7-15(13-20)18-12-16(17-6-5-11-21-17)19-8-3-4-9-19/h5-6,11,14-16,18H,3-4,7-10,12-13H2,1-2H3. The second-order valence-corrected chi connectivity index (χ2v) is 6.76. The Morgan fingerprint density at radius 3 is 2.67 bits per heavy atom. The van der Waals surface area contributed by atoms with Crippen LogP contribution in [0.25, 0.3) is 0 Å².